The molecule has 2 aliphatic heterocycles. The molecule has 0 radical (unpaired) electrons. The molecule has 130 valence electrons. The van der Waals surface area contributed by atoms with Crippen molar-refractivity contribution in [3.63, 3.8) is 0 Å². The molecule has 2 heterocycles. The van der Waals surface area contributed by atoms with Gasteiger partial charge in [-0.3, -0.25) is 4.79 Å². The van der Waals surface area contributed by atoms with Gasteiger partial charge in [0.25, 0.3) is 0 Å². The van der Waals surface area contributed by atoms with Crippen LogP contribution in [0.25, 0.3) is 0 Å². The summed E-state index contributed by atoms with van der Waals surface area (Å²) in [5, 5.41) is 3.27. The van der Waals surface area contributed by atoms with E-state index in [4.69, 9.17) is 0 Å². The highest BCUT2D eigenvalue weighted by atomic mass is 35.5. The van der Waals surface area contributed by atoms with E-state index in [-0.39, 0.29) is 42.0 Å². The average Bonchev–Trinajstić information content (AvgIpc) is 2.95. The van der Waals surface area contributed by atoms with E-state index in [0.29, 0.717) is 31.9 Å². The Bertz CT molecular complexity index is 530. The first-order valence-electron chi connectivity index (χ1n) is 7.60. The third-order valence-corrected chi connectivity index (χ3v) is 4.65. The van der Waals surface area contributed by atoms with Crippen LogP contribution in [-0.4, -0.2) is 50.1 Å². The van der Waals surface area contributed by atoms with Crippen molar-refractivity contribution < 1.29 is 9.18 Å². The summed E-state index contributed by atoms with van der Waals surface area (Å²) >= 11 is 0. The topological polar surface area (TPSA) is 35.6 Å². The van der Waals surface area contributed by atoms with Crippen molar-refractivity contribution in [3.8, 4) is 0 Å². The van der Waals surface area contributed by atoms with Crippen LogP contribution in [0.2, 0.25) is 0 Å². The van der Waals surface area contributed by atoms with E-state index in [1.54, 1.807) is 12.1 Å². The SMILES string of the molecule is CC1(C(=O)N2CCN(c3ccccc3F)CC2)CCNC1.Cl.Cl. The summed E-state index contributed by atoms with van der Waals surface area (Å²) < 4.78 is 13.8. The number of benzene rings is 1. The zero-order valence-corrected chi connectivity index (χ0v) is 14.9. The van der Waals surface area contributed by atoms with Crippen LogP contribution in [0.3, 0.4) is 0 Å². The molecule has 23 heavy (non-hydrogen) atoms. The largest absolute Gasteiger partial charge is 0.366 e. The molecule has 1 aromatic rings. The number of piperazine rings is 1. The molecule has 0 aliphatic carbocycles. The molecule has 2 fully saturated rings. The van der Waals surface area contributed by atoms with Crippen LogP contribution >= 0.6 is 24.8 Å². The predicted molar refractivity (Wildman–Crippen MR) is 95.3 cm³/mol. The van der Waals surface area contributed by atoms with Gasteiger partial charge in [0.1, 0.15) is 5.82 Å². The quantitative estimate of drug-likeness (QED) is 0.875. The fourth-order valence-corrected chi connectivity index (χ4v) is 3.24. The Hall–Kier alpha value is -1.04. The second-order valence-electron chi connectivity index (χ2n) is 6.22. The Morgan fingerprint density at radius 1 is 1.17 bits per heavy atom. The summed E-state index contributed by atoms with van der Waals surface area (Å²) in [6.45, 7) is 6.44. The summed E-state index contributed by atoms with van der Waals surface area (Å²) in [4.78, 5) is 16.6. The molecule has 1 amide bonds. The van der Waals surface area contributed by atoms with E-state index >= 15 is 0 Å². The maximum absolute atomic E-state index is 13.8. The first-order chi connectivity index (χ1) is 10.1. The molecule has 0 aromatic heterocycles. The molecule has 0 bridgehead atoms. The number of carbonyl (C=O) groups is 1. The Morgan fingerprint density at radius 2 is 1.83 bits per heavy atom. The lowest BCUT2D eigenvalue weighted by Crippen LogP contribution is -2.53. The minimum atomic E-state index is -0.264. The third kappa shape index (κ3) is 4.08. The van der Waals surface area contributed by atoms with E-state index in [2.05, 4.69) is 5.32 Å². The second-order valence-corrected chi connectivity index (χ2v) is 6.22. The van der Waals surface area contributed by atoms with Crippen molar-refractivity contribution in [3.05, 3.63) is 30.1 Å². The Kier molecular flexibility index (Phi) is 7.11. The van der Waals surface area contributed by atoms with Gasteiger partial charge in [-0.1, -0.05) is 12.1 Å². The average molecular weight is 364 g/mol. The minimum absolute atomic E-state index is 0. The standard InChI is InChI=1S/C16H22FN3O.2ClH/c1-16(6-7-18-12-16)15(21)20-10-8-19(9-11-20)14-5-3-2-4-13(14)17;;/h2-5,18H,6-12H2,1H3;2*1H. The van der Waals surface area contributed by atoms with E-state index < -0.39 is 0 Å². The molecular formula is C16H24Cl2FN3O. The number of carbonyl (C=O) groups excluding carboxylic acids is 1. The third-order valence-electron chi connectivity index (χ3n) is 4.65. The fourth-order valence-electron chi connectivity index (χ4n) is 3.24. The molecule has 0 spiro atoms. The molecular weight excluding hydrogens is 340 g/mol. The molecule has 0 saturated carbocycles. The van der Waals surface area contributed by atoms with Gasteiger partial charge in [0.05, 0.1) is 11.1 Å². The van der Waals surface area contributed by atoms with Crippen molar-refractivity contribution in [2.45, 2.75) is 13.3 Å². The molecule has 1 aromatic carbocycles. The molecule has 1 N–H and O–H groups in total. The van der Waals surface area contributed by atoms with Crippen molar-refractivity contribution >= 4 is 36.4 Å². The van der Waals surface area contributed by atoms with Crippen LogP contribution in [0.5, 0.6) is 0 Å². The van der Waals surface area contributed by atoms with Gasteiger partial charge in [-0.15, -0.1) is 24.8 Å². The molecule has 1 unspecified atom stereocenters. The second kappa shape index (κ2) is 8.18. The number of nitrogens with zero attached hydrogens (tertiary/aromatic N) is 2. The highest BCUT2D eigenvalue weighted by Crippen LogP contribution is 2.28. The number of rotatable bonds is 2. The van der Waals surface area contributed by atoms with Crippen LogP contribution in [0.1, 0.15) is 13.3 Å². The van der Waals surface area contributed by atoms with E-state index in [9.17, 15) is 9.18 Å². The molecule has 2 aliphatic rings. The lowest BCUT2D eigenvalue weighted by molar-refractivity contribution is -0.140. The van der Waals surface area contributed by atoms with Gasteiger partial charge in [0.15, 0.2) is 0 Å². The summed E-state index contributed by atoms with van der Waals surface area (Å²) in [5.74, 6) is 0.0462. The summed E-state index contributed by atoms with van der Waals surface area (Å²) in [6.07, 6.45) is 0.902. The first-order valence-corrected chi connectivity index (χ1v) is 7.60. The molecule has 7 heteroatoms. The lowest BCUT2D eigenvalue weighted by atomic mass is 9.88. The Morgan fingerprint density at radius 3 is 2.39 bits per heavy atom. The minimum Gasteiger partial charge on any atom is -0.366 e. The zero-order valence-electron chi connectivity index (χ0n) is 13.3. The first kappa shape index (κ1) is 20.0. The summed E-state index contributed by atoms with van der Waals surface area (Å²) in [5.41, 5.74) is 0.374. The van der Waals surface area contributed by atoms with Crippen molar-refractivity contribution in [1.29, 1.82) is 0 Å². The van der Waals surface area contributed by atoms with E-state index in [1.165, 1.54) is 6.07 Å². The lowest BCUT2D eigenvalue weighted by Gasteiger charge is -2.39. The van der Waals surface area contributed by atoms with Gasteiger partial charge in [0.2, 0.25) is 5.91 Å². The van der Waals surface area contributed by atoms with Crippen molar-refractivity contribution in [2.24, 2.45) is 5.41 Å². The van der Waals surface area contributed by atoms with Crippen LogP contribution in [-0.2, 0) is 4.79 Å². The van der Waals surface area contributed by atoms with Gasteiger partial charge in [-0.2, -0.15) is 0 Å². The molecule has 1 atom stereocenters. The molecule has 2 saturated heterocycles. The fraction of sp³-hybridized carbons (Fsp3) is 0.562. The number of anilines is 1. The highest BCUT2D eigenvalue weighted by Gasteiger charge is 2.40. The normalized spacial score (nSPS) is 23.9. The number of hydrogen-bond acceptors (Lipinski definition) is 3. The van der Waals surface area contributed by atoms with Gasteiger partial charge >= 0.3 is 0 Å². The Labute approximate surface area is 149 Å². The van der Waals surface area contributed by atoms with E-state index in [0.717, 1.165) is 19.5 Å². The van der Waals surface area contributed by atoms with Crippen LogP contribution in [0.4, 0.5) is 10.1 Å². The Balaban J connectivity index is 0.00000132. The molecule has 3 rings (SSSR count). The highest BCUT2D eigenvalue weighted by molar-refractivity contribution is 5.85. The van der Waals surface area contributed by atoms with Crippen molar-refractivity contribution in [2.75, 3.05) is 44.2 Å². The maximum Gasteiger partial charge on any atom is 0.229 e. The number of halogens is 3. The molecule has 4 nitrogen and oxygen atoms in total. The number of para-hydroxylation sites is 1. The summed E-state index contributed by atoms with van der Waals surface area (Å²) in [7, 11) is 0. The van der Waals surface area contributed by atoms with Crippen molar-refractivity contribution in [1.82, 2.24) is 10.2 Å². The number of hydrogen-bond donors (Lipinski definition) is 1. The maximum atomic E-state index is 13.8. The summed E-state index contributed by atoms with van der Waals surface area (Å²) in [6, 6.07) is 6.83. The van der Waals surface area contributed by atoms with E-state index in [1.807, 2.05) is 22.8 Å². The zero-order chi connectivity index (χ0) is 14.9. The number of nitrogens with one attached hydrogen (secondary N) is 1. The van der Waals surface area contributed by atoms with Gasteiger partial charge in [-0.05, 0) is 32.0 Å². The smallest absolute Gasteiger partial charge is 0.229 e. The number of amides is 1. The van der Waals surface area contributed by atoms with Gasteiger partial charge in [0, 0.05) is 32.7 Å². The predicted octanol–water partition coefficient (Wildman–Crippen LogP) is 2.32. The van der Waals surface area contributed by atoms with Crippen LogP contribution in [0, 0.1) is 11.2 Å². The van der Waals surface area contributed by atoms with Gasteiger partial charge < -0.3 is 15.1 Å². The van der Waals surface area contributed by atoms with Crippen LogP contribution in [0.15, 0.2) is 24.3 Å². The van der Waals surface area contributed by atoms with Gasteiger partial charge in [-0.25, -0.2) is 4.39 Å². The van der Waals surface area contributed by atoms with Crippen LogP contribution < -0.4 is 10.2 Å². The monoisotopic (exact) mass is 363 g/mol.